The van der Waals surface area contributed by atoms with Crippen LogP contribution in [0.5, 0.6) is 0 Å². The van der Waals surface area contributed by atoms with E-state index in [1.807, 2.05) is 30.5 Å². The summed E-state index contributed by atoms with van der Waals surface area (Å²) in [5.41, 5.74) is 0. The molecule has 0 fully saturated rings. The Bertz CT molecular complexity index is 463. The summed E-state index contributed by atoms with van der Waals surface area (Å²) >= 11 is 1.49. The number of rotatable bonds is 6. The van der Waals surface area contributed by atoms with E-state index in [0.29, 0.717) is 0 Å². The van der Waals surface area contributed by atoms with Crippen molar-refractivity contribution in [2.45, 2.75) is 19.4 Å². The van der Waals surface area contributed by atoms with Crippen molar-refractivity contribution in [3.8, 4) is 0 Å². The number of hydrogen-bond donors (Lipinski definition) is 1. The van der Waals surface area contributed by atoms with Gasteiger partial charge < -0.3 is 10.1 Å². The van der Waals surface area contributed by atoms with Crippen molar-refractivity contribution in [2.24, 2.45) is 0 Å². The molecule has 19 heavy (non-hydrogen) atoms. The van der Waals surface area contributed by atoms with Gasteiger partial charge in [0.1, 0.15) is 0 Å². The predicted molar refractivity (Wildman–Crippen MR) is 75.8 cm³/mol. The minimum absolute atomic E-state index is 0.125. The maximum absolute atomic E-state index is 11.7. The second-order valence-electron chi connectivity index (χ2n) is 3.74. The van der Waals surface area contributed by atoms with Crippen molar-refractivity contribution in [3.05, 3.63) is 46.7 Å². The molecule has 0 aliphatic heterocycles. The molecule has 1 aromatic rings. The Hall–Kier alpha value is -1.88. The Morgan fingerprint density at radius 3 is 2.84 bits per heavy atom. The summed E-state index contributed by atoms with van der Waals surface area (Å²) < 4.78 is 4.64. The van der Waals surface area contributed by atoms with Crippen LogP contribution in [-0.2, 0) is 14.3 Å². The van der Waals surface area contributed by atoms with Gasteiger partial charge in [0, 0.05) is 11.0 Å². The van der Waals surface area contributed by atoms with E-state index in [1.54, 1.807) is 12.2 Å². The van der Waals surface area contributed by atoms with Gasteiger partial charge >= 0.3 is 5.97 Å². The number of ether oxygens (including phenoxy) is 1. The average molecular weight is 279 g/mol. The van der Waals surface area contributed by atoms with E-state index < -0.39 is 0 Å². The summed E-state index contributed by atoms with van der Waals surface area (Å²) in [5, 5.41) is 4.70. The molecule has 1 amide bonds. The van der Waals surface area contributed by atoms with Crippen molar-refractivity contribution in [1.82, 2.24) is 5.32 Å². The number of methoxy groups -OCH3 is 1. The topological polar surface area (TPSA) is 55.4 Å². The number of allylic oxidation sites excluding steroid dienone is 3. The fourth-order valence-electron chi connectivity index (χ4n) is 1.44. The summed E-state index contributed by atoms with van der Waals surface area (Å²) in [6, 6.07) is 3.41. The summed E-state index contributed by atoms with van der Waals surface area (Å²) in [4.78, 5) is 24.0. The fraction of sp³-hybridized carbons (Fsp3) is 0.286. The van der Waals surface area contributed by atoms with Gasteiger partial charge in [-0.05, 0) is 18.4 Å². The number of hydrogen-bond acceptors (Lipinski definition) is 4. The number of amides is 1. The van der Waals surface area contributed by atoms with Gasteiger partial charge in [-0.2, -0.15) is 0 Å². The highest BCUT2D eigenvalue weighted by Gasteiger charge is 2.18. The third kappa shape index (κ3) is 5.52. The van der Waals surface area contributed by atoms with Crippen LogP contribution in [-0.4, -0.2) is 19.0 Å². The molecule has 0 saturated carbocycles. The van der Waals surface area contributed by atoms with Crippen LogP contribution in [0.1, 0.15) is 24.3 Å². The van der Waals surface area contributed by atoms with Crippen LogP contribution in [0.25, 0.3) is 0 Å². The highest BCUT2D eigenvalue weighted by atomic mass is 32.1. The van der Waals surface area contributed by atoms with E-state index in [1.165, 1.54) is 24.5 Å². The maximum atomic E-state index is 11.7. The number of carbonyl (C=O) groups excluding carboxylic acids is 2. The van der Waals surface area contributed by atoms with Gasteiger partial charge in [0.2, 0.25) is 5.91 Å². The highest BCUT2D eigenvalue weighted by molar-refractivity contribution is 7.10. The molecule has 1 rings (SSSR count). The molecule has 0 radical (unpaired) electrons. The molecular weight excluding hydrogens is 262 g/mol. The van der Waals surface area contributed by atoms with E-state index in [0.717, 1.165) is 4.88 Å². The second-order valence-corrected chi connectivity index (χ2v) is 4.72. The quantitative estimate of drug-likeness (QED) is 0.495. The van der Waals surface area contributed by atoms with Crippen LogP contribution in [0.3, 0.4) is 0 Å². The number of esters is 1. The Kier molecular flexibility index (Phi) is 6.60. The smallest absolute Gasteiger partial charge is 0.307 e. The van der Waals surface area contributed by atoms with E-state index in [-0.39, 0.29) is 24.3 Å². The molecule has 1 atom stereocenters. The van der Waals surface area contributed by atoms with Crippen LogP contribution < -0.4 is 5.32 Å². The van der Waals surface area contributed by atoms with Gasteiger partial charge in [-0.25, -0.2) is 0 Å². The lowest BCUT2D eigenvalue weighted by Crippen LogP contribution is -2.28. The Morgan fingerprint density at radius 1 is 1.47 bits per heavy atom. The first kappa shape index (κ1) is 15.2. The van der Waals surface area contributed by atoms with E-state index >= 15 is 0 Å². The molecule has 0 bridgehead atoms. The average Bonchev–Trinajstić information content (AvgIpc) is 2.92. The van der Waals surface area contributed by atoms with Crippen LogP contribution in [0.15, 0.2) is 41.8 Å². The summed E-state index contributed by atoms with van der Waals surface area (Å²) in [5.74, 6) is -0.587. The molecule has 0 aliphatic rings. The lowest BCUT2D eigenvalue weighted by atomic mass is 10.1. The lowest BCUT2D eigenvalue weighted by Gasteiger charge is -2.15. The largest absolute Gasteiger partial charge is 0.469 e. The third-order valence-electron chi connectivity index (χ3n) is 2.35. The molecule has 0 spiro atoms. The van der Waals surface area contributed by atoms with Crippen LogP contribution >= 0.6 is 11.3 Å². The molecule has 0 unspecified atom stereocenters. The van der Waals surface area contributed by atoms with Crippen molar-refractivity contribution < 1.29 is 14.3 Å². The van der Waals surface area contributed by atoms with E-state index in [2.05, 4.69) is 10.1 Å². The minimum atomic E-state index is -0.352. The zero-order chi connectivity index (χ0) is 14.1. The van der Waals surface area contributed by atoms with Gasteiger partial charge in [-0.1, -0.05) is 24.3 Å². The van der Waals surface area contributed by atoms with Gasteiger partial charge in [0.25, 0.3) is 0 Å². The number of nitrogens with one attached hydrogen (secondary N) is 1. The van der Waals surface area contributed by atoms with Gasteiger partial charge in [0.15, 0.2) is 0 Å². The van der Waals surface area contributed by atoms with Crippen LogP contribution in [0.4, 0.5) is 0 Å². The first-order valence-electron chi connectivity index (χ1n) is 5.87. The zero-order valence-corrected chi connectivity index (χ0v) is 11.8. The summed E-state index contributed by atoms with van der Waals surface area (Å²) in [7, 11) is 1.33. The Labute approximate surface area is 116 Å². The first-order chi connectivity index (χ1) is 9.17. The van der Waals surface area contributed by atoms with E-state index in [9.17, 15) is 9.59 Å². The first-order valence-corrected chi connectivity index (χ1v) is 6.75. The van der Waals surface area contributed by atoms with Gasteiger partial charge in [0.05, 0.1) is 19.6 Å². The third-order valence-corrected chi connectivity index (χ3v) is 3.34. The molecule has 0 saturated heterocycles. The number of thiophene rings is 1. The summed E-state index contributed by atoms with van der Waals surface area (Å²) in [6.07, 6.45) is 6.80. The molecule has 0 aliphatic carbocycles. The standard InChI is InChI=1S/C14H17NO3S/c1-3-4-5-8-13(16)15-11(10-14(17)18-2)12-7-6-9-19-12/h3-9,11H,10H2,1-2H3,(H,15,16)/b4-3+,8-5+/t11-/m0/s1. The molecular formula is C14H17NO3S. The monoisotopic (exact) mass is 279 g/mol. The van der Waals surface area contributed by atoms with Crippen molar-refractivity contribution in [3.63, 3.8) is 0 Å². The van der Waals surface area contributed by atoms with E-state index in [4.69, 9.17) is 0 Å². The molecule has 102 valence electrons. The molecule has 4 nitrogen and oxygen atoms in total. The SMILES string of the molecule is C/C=C/C=C/C(=O)N[C@@H](CC(=O)OC)c1cccs1. The minimum Gasteiger partial charge on any atom is -0.469 e. The molecule has 1 heterocycles. The fourth-order valence-corrected chi connectivity index (χ4v) is 2.21. The van der Waals surface area contributed by atoms with Crippen LogP contribution in [0.2, 0.25) is 0 Å². The lowest BCUT2D eigenvalue weighted by molar-refractivity contribution is -0.141. The van der Waals surface area contributed by atoms with Crippen LogP contribution in [0, 0.1) is 0 Å². The maximum Gasteiger partial charge on any atom is 0.307 e. The number of carbonyl (C=O) groups is 2. The molecule has 1 N–H and O–H groups in total. The normalized spacial score (nSPS) is 12.7. The molecule has 1 aromatic heterocycles. The molecule has 0 aromatic carbocycles. The second kappa shape index (κ2) is 8.26. The molecule has 5 heteroatoms. The predicted octanol–water partition coefficient (Wildman–Crippen LogP) is 2.60. The van der Waals surface area contributed by atoms with Gasteiger partial charge in [-0.3, -0.25) is 9.59 Å². The zero-order valence-electron chi connectivity index (χ0n) is 11.0. The van der Waals surface area contributed by atoms with Crippen molar-refractivity contribution in [1.29, 1.82) is 0 Å². The Morgan fingerprint density at radius 2 is 2.26 bits per heavy atom. The van der Waals surface area contributed by atoms with Gasteiger partial charge in [-0.15, -0.1) is 11.3 Å². The summed E-state index contributed by atoms with van der Waals surface area (Å²) in [6.45, 7) is 1.87. The Balaban J connectivity index is 2.69. The van der Waals surface area contributed by atoms with Crippen molar-refractivity contribution in [2.75, 3.05) is 7.11 Å². The van der Waals surface area contributed by atoms with Crippen molar-refractivity contribution >= 4 is 23.2 Å². The highest BCUT2D eigenvalue weighted by Crippen LogP contribution is 2.22.